The van der Waals surface area contributed by atoms with Crippen molar-refractivity contribution >= 4 is 5.91 Å². The topological polar surface area (TPSA) is 67.6 Å². The van der Waals surface area contributed by atoms with Crippen molar-refractivity contribution in [2.24, 2.45) is 11.1 Å². The number of nitrogens with one attached hydrogen (secondary N) is 1. The Hall–Kier alpha value is -1.59. The van der Waals surface area contributed by atoms with E-state index in [2.05, 4.69) is 22.3 Å². The number of nitrogens with zero attached hydrogens (tertiary/aromatic N) is 1. The molecule has 2 aliphatic heterocycles. The number of nitrogens with two attached hydrogens (primary N) is 1. The Morgan fingerprint density at radius 3 is 2.76 bits per heavy atom. The highest BCUT2D eigenvalue weighted by atomic mass is 16.5. The van der Waals surface area contributed by atoms with E-state index in [0.717, 1.165) is 63.9 Å². The van der Waals surface area contributed by atoms with Crippen LogP contribution in [0.5, 0.6) is 5.75 Å². The summed E-state index contributed by atoms with van der Waals surface area (Å²) < 4.78 is 5.90. The summed E-state index contributed by atoms with van der Waals surface area (Å²) in [5, 5.41) is 3.13. The zero-order valence-corrected chi connectivity index (χ0v) is 15.1. The minimum Gasteiger partial charge on any atom is -0.491 e. The van der Waals surface area contributed by atoms with Crippen LogP contribution in [0.25, 0.3) is 0 Å². The van der Waals surface area contributed by atoms with Gasteiger partial charge in [0.25, 0.3) is 0 Å². The Morgan fingerprint density at radius 1 is 1.16 bits per heavy atom. The summed E-state index contributed by atoms with van der Waals surface area (Å²) in [5.74, 6) is 1.18. The Kier molecular flexibility index (Phi) is 6.32. The van der Waals surface area contributed by atoms with Gasteiger partial charge in [0, 0.05) is 13.1 Å². The highest BCUT2D eigenvalue weighted by molar-refractivity contribution is 5.82. The molecule has 2 heterocycles. The second-order valence-corrected chi connectivity index (χ2v) is 7.33. The molecule has 0 saturated carbocycles. The number of likely N-dealkylation sites (tertiary alicyclic amines) is 1. The van der Waals surface area contributed by atoms with E-state index in [9.17, 15) is 4.79 Å². The van der Waals surface area contributed by atoms with Crippen LogP contribution in [-0.2, 0) is 11.2 Å². The lowest BCUT2D eigenvalue weighted by Crippen LogP contribution is -2.50. The van der Waals surface area contributed by atoms with Gasteiger partial charge in [-0.05, 0) is 56.8 Å². The van der Waals surface area contributed by atoms with Crippen LogP contribution in [0.1, 0.15) is 37.7 Å². The Balaban J connectivity index is 1.66. The van der Waals surface area contributed by atoms with Crippen molar-refractivity contribution in [2.45, 2.75) is 38.5 Å². The van der Waals surface area contributed by atoms with Gasteiger partial charge < -0.3 is 20.7 Å². The molecule has 0 atom stereocenters. The fourth-order valence-electron chi connectivity index (χ4n) is 4.12. The first-order chi connectivity index (χ1) is 12.2. The predicted molar refractivity (Wildman–Crippen MR) is 99.7 cm³/mol. The number of hydrogen-bond acceptors (Lipinski definition) is 4. The van der Waals surface area contributed by atoms with E-state index in [4.69, 9.17) is 10.5 Å². The minimum atomic E-state index is -0.205. The average Bonchev–Trinajstić information content (AvgIpc) is 2.64. The van der Waals surface area contributed by atoms with Gasteiger partial charge in [-0.3, -0.25) is 4.79 Å². The van der Waals surface area contributed by atoms with Crippen LogP contribution in [0, 0.1) is 5.41 Å². The number of piperidine rings is 1. The number of carbonyl (C=O) groups excluding carboxylic acids is 1. The molecule has 0 unspecified atom stereocenters. The number of hydrogen-bond donors (Lipinski definition) is 2. The van der Waals surface area contributed by atoms with E-state index >= 15 is 0 Å². The molecule has 1 aromatic carbocycles. The molecular weight excluding hydrogens is 314 g/mol. The second kappa shape index (κ2) is 8.68. The quantitative estimate of drug-likeness (QED) is 0.860. The molecule has 138 valence electrons. The zero-order valence-electron chi connectivity index (χ0n) is 15.1. The van der Waals surface area contributed by atoms with Crippen LogP contribution in [0.15, 0.2) is 24.3 Å². The lowest BCUT2D eigenvalue weighted by Gasteiger charge is -2.41. The van der Waals surface area contributed by atoms with E-state index in [0.29, 0.717) is 19.7 Å². The largest absolute Gasteiger partial charge is 0.491 e. The summed E-state index contributed by atoms with van der Waals surface area (Å²) in [4.78, 5) is 15.3. The normalized spacial score (nSPS) is 22.2. The van der Waals surface area contributed by atoms with Gasteiger partial charge in [-0.25, -0.2) is 0 Å². The van der Waals surface area contributed by atoms with Crippen molar-refractivity contribution in [2.75, 3.05) is 39.3 Å². The van der Waals surface area contributed by atoms with Crippen molar-refractivity contribution in [3.8, 4) is 5.75 Å². The maximum absolute atomic E-state index is 12.9. The standard InChI is InChI=1S/C20H31N3O2/c21-11-15-23-13-9-20(10-14-23)8-4-3-6-17-5-1-2-7-18(17)25-16-12-22-19(20)24/h1-2,5,7H,3-4,6,8-16,21H2,(H,22,24). The first kappa shape index (κ1) is 18.2. The number of amides is 1. The molecule has 5 nitrogen and oxygen atoms in total. The number of rotatable bonds is 2. The van der Waals surface area contributed by atoms with Crippen molar-refractivity contribution in [3.63, 3.8) is 0 Å². The van der Waals surface area contributed by atoms with Crippen molar-refractivity contribution in [1.82, 2.24) is 10.2 Å². The van der Waals surface area contributed by atoms with E-state index in [1.54, 1.807) is 0 Å². The number of fused-ring (bicyclic) bond motifs is 1. The SMILES string of the molecule is NCCN1CCC2(CCCCc3ccccc3OCCNC2=O)CC1. The number of ether oxygens (including phenoxy) is 1. The molecule has 2 aliphatic rings. The summed E-state index contributed by atoms with van der Waals surface area (Å²) in [6.07, 6.45) is 6.07. The summed E-state index contributed by atoms with van der Waals surface area (Å²) in [6.45, 7) is 4.67. The summed E-state index contributed by atoms with van der Waals surface area (Å²) in [5.41, 5.74) is 6.75. The van der Waals surface area contributed by atoms with Crippen LogP contribution in [0.2, 0.25) is 0 Å². The molecular formula is C20H31N3O2. The molecule has 3 N–H and O–H groups in total. The summed E-state index contributed by atoms with van der Waals surface area (Å²) in [7, 11) is 0. The highest BCUT2D eigenvalue weighted by Gasteiger charge is 2.40. The van der Waals surface area contributed by atoms with Crippen LogP contribution < -0.4 is 15.8 Å². The Morgan fingerprint density at radius 2 is 1.96 bits per heavy atom. The monoisotopic (exact) mass is 345 g/mol. The molecule has 25 heavy (non-hydrogen) atoms. The highest BCUT2D eigenvalue weighted by Crippen LogP contribution is 2.37. The van der Waals surface area contributed by atoms with Gasteiger partial charge in [0.05, 0.1) is 12.0 Å². The molecule has 1 amide bonds. The van der Waals surface area contributed by atoms with Crippen LogP contribution >= 0.6 is 0 Å². The molecule has 3 rings (SSSR count). The number of para-hydroxylation sites is 1. The lowest BCUT2D eigenvalue weighted by atomic mass is 9.73. The third-order valence-electron chi connectivity index (χ3n) is 5.71. The van der Waals surface area contributed by atoms with E-state index in [-0.39, 0.29) is 11.3 Å². The molecule has 0 aliphatic carbocycles. The third kappa shape index (κ3) is 4.53. The lowest BCUT2D eigenvalue weighted by molar-refractivity contribution is -0.134. The molecule has 0 aromatic heterocycles. The molecule has 1 saturated heterocycles. The van der Waals surface area contributed by atoms with E-state index < -0.39 is 0 Å². The fraction of sp³-hybridized carbons (Fsp3) is 0.650. The maximum atomic E-state index is 12.9. The number of benzene rings is 1. The van der Waals surface area contributed by atoms with Gasteiger partial charge in [-0.15, -0.1) is 0 Å². The van der Waals surface area contributed by atoms with Gasteiger partial charge in [0.2, 0.25) is 5.91 Å². The van der Waals surface area contributed by atoms with Gasteiger partial charge in [-0.1, -0.05) is 24.6 Å². The zero-order chi connectivity index (χ0) is 17.5. The molecule has 0 bridgehead atoms. The van der Waals surface area contributed by atoms with Crippen LogP contribution in [0.4, 0.5) is 0 Å². The maximum Gasteiger partial charge on any atom is 0.226 e. The van der Waals surface area contributed by atoms with Crippen molar-refractivity contribution in [1.29, 1.82) is 0 Å². The average molecular weight is 345 g/mol. The predicted octanol–water partition coefficient (Wildman–Crippen LogP) is 1.95. The van der Waals surface area contributed by atoms with Crippen molar-refractivity contribution < 1.29 is 9.53 Å². The molecule has 5 heteroatoms. The Labute approximate surface area is 150 Å². The van der Waals surface area contributed by atoms with Gasteiger partial charge >= 0.3 is 0 Å². The first-order valence-electron chi connectivity index (χ1n) is 9.65. The van der Waals surface area contributed by atoms with E-state index in [1.807, 2.05) is 12.1 Å². The summed E-state index contributed by atoms with van der Waals surface area (Å²) >= 11 is 0. The third-order valence-corrected chi connectivity index (χ3v) is 5.71. The number of aryl methyl sites for hydroxylation is 1. The molecule has 0 radical (unpaired) electrons. The molecule has 1 aromatic rings. The Bertz CT molecular complexity index is 568. The van der Waals surface area contributed by atoms with Crippen LogP contribution in [0.3, 0.4) is 0 Å². The molecule has 1 spiro atoms. The van der Waals surface area contributed by atoms with Gasteiger partial charge in [-0.2, -0.15) is 0 Å². The smallest absolute Gasteiger partial charge is 0.226 e. The van der Waals surface area contributed by atoms with Crippen molar-refractivity contribution in [3.05, 3.63) is 29.8 Å². The van der Waals surface area contributed by atoms with E-state index in [1.165, 1.54) is 5.56 Å². The molecule has 1 fully saturated rings. The minimum absolute atomic E-state index is 0.205. The number of carbonyl (C=O) groups is 1. The summed E-state index contributed by atoms with van der Waals surface area (Å²) in [6, 6.07) is 8.26. The van der Waals surface area contributed by atoms with Crippen LogP contribution in [-0.4, -0.2) is 50.1 Å². The second-order valence-electron chi connectivity index (χ2n) is 7.33. The van der Waals surface area contributed by atoms with Gasteiger partial charge in [0.15, 0.2) is 0 Å². The van der Waals surface area contributed by atoms with Gasteiger partial charge in [0.1, 0.15) is 12.4 Å². The fourth-order valence-corrected chi connectivity index (χ4v) is 4.12. The first-order valence-corrected chi connectivity index (χ1v) is 9.65.